The Morgan fingerprint density at radius 1 is 1.21 bits per heavy atom. The van der Waals surface area contributed by atoms with Gasteiger partial charge in [0.05, 0.1) is 11.2 Å². The van der Waals surface area contributed by atoms with Gasteiger partial charge in [-0.1, -0.05) is 27.7 Å². The van der Waals surface area contributed by atoms with Crippen LogP contribution < -0.4 is 5.32 Å². The number of hydrogen-bond acceptors (Lipinski definition) is 3. The molecule has 0 saturated carbocycles. The summed E-state index contributed by atoms with van der Waals surface area (Å²) in [7, 11) is 0. The molecule has 0 aromatic carbocycles. The van der Waals surface area contributed by atoms with Crippen LogP contribution in [0.1, 0.15) is 45.4 Å². The van der Waals surface area contributed by atoms with Gasteiger partial charge < -0.3 is 5.32 Å². The number of rotatable bonds is 4. The number of pyridine rings is 2. The van der Waals surface area contributed by atoms with E-state index in [1.54, 1.807) is 0 Å². The molecule has 2 heterocycles. The van der Waals surface area contributed by atoms with Crippen LogP contribution in [0.4, 0.5) is 0 Å². The summed E-state index contributed by atoms with van der Waals surface area (Å²) in [5.41, 5.74) is 3.34. The van der Waals surface area contributed by atoms with E-state index in [-0.39, 0.29) is 5.41 Å². The summed E-state index contributed by atoms with van der Waals surface area (Å²) in [5, 5.41) is 4.58. The van der Waals surface area contributed by atoms with Crippen molar-refractivity contribution in [3.8, 4) is 0 Å². The van der Waals surface area contributed by atoms with Gasteiger partial charge in [0.1, 0.15) is 0 Å². The second-order valence-corrected chi connectivity index (χ2v) is 6.00. The Bertz CT molecular complexity index is 555. The molecule has 0 unspecified atom stereocenters. The summed E-state index contributed by atoms with van der Waals surface area (Å²) in [6.45, 7) is 10.6. The Morgan fingerprint density at radius 3 is 2.68 bits per heavy atom. The average molecular weight is 257 g/mol. The highest BCUT2D eigenvalue weighted by atomic mass is 14.8. The van der Waals surface area contributed by atoms with Crippen LogP contribution in [0.3, 0.4) is 0 Å². The maximum atomic E-state index is 4.62. The molecular weight excluding hydrogens is 234 g/mol. The molecule has 0 saturated heterocycles. The zero-order chi connectivity index (χ0) is 13.9. The molecule has 0 spiro atoms. The normalized spacial score (nSPS) is 12.0. The van der Waals surface area contributed by atoms with Crippen LogP contribution in [0.25, 0.3) is 10.9 Å². The minimum absolute atomic E-state index is 0.0223. The molecule has 1 N–H and O–H groups in total. The van der Waals surface area contributed by atoms with E-state index in [1.165, 1.54) is 10.9 Å². The molecule has 0 bridgehead atoms. The fraction of sp³-hybridized carbons (Fsp3) is 0.500. The van der Waals surface area contributed by atoms with Crippen molar-refractivity contribution >= 4 is 10.9 Å². The number of hydrogen-bond donors (Lipinski definition) is 1. The zero-order valence-electron chi connectivity index (χ0n) is 12.3. The van der Waals surface area contributed by atoms with Crippen molar-refractivity contribution in [2.24, 2.45) is 0 Å². The lowest BCUT2D eigenvalue weighted by Gasteiger charge is -2.19. The number of fused-ring (bicyclic) bond motifs is 1. The van der Waals surface area contributed by atoms with Gasteiger partial charge in [-0.25, -0.2) is 0 Å². The summed E-state index contributed by atoms with van der Waals surface area (Å²) >= 11 is 0. The van der Waals surface area contributed by atoms with E-state index in [4.69, 9.17) is 0 Å². The van der Waals surface area contributed by atoms with Crippen LogP contribution in [0, 0.1) is 0 Å². The standard InChI is InChI=1S/C16H23N3/c1-5-7-17-10-12-9-13-6-8-18-15(16(2,3)4)14(13)19-11-12/h6,8-9,11,17H,5,7,10H2,1-4H3. The summed E-state index contributed by atoms with van der Waals surface area (Å²) in [6, 6.07) is 4.25. The Labute approximate surface area is 115 Å². The lowest BCUT2D eigenvalue weighted by atomic mass is 9.90. The first-order valence-electron chi connectivity index (χ1n) is 6.97. The molecule has 0 radical (unpaired) electrons. The van der Waals surface area contributed by atoms with E-state index in [2.05, 4.69) is 49.0 Å². The van der Waals surface area contributed by atoms with E-state index in [1.807, 2.05) is 18.5 Å². The van der Waals surface area contributed by atoms with Gasteiger partial charge >= 0.3 is 0 Å². The molecule has 0 fully saturated rings. The van der Waals surface area contributed by atoms with Gasteiger partial charge in [0.2, 0.25) is 0 Å². The summed E-state index contributed by atoms with van der Waals surface area (Å²) < 4.78 is 0. The van der Waals surface area contributed by atoms with E-state index in [0.717, 1.165) is 30.7 Å². The molecule has 102 valence electrons. The van der Waals surface area contributed by atoms with E-state index >= 15 is 0 Å². The van der Waals surface area contributed by atoms with Gasteiger partial charge in [0.25, 0.3) is 0 Å². The molecule has 2 aromatic heterocycles. The SMILES string of the molecule is CCCNCc1cnc2c(C(C)(C)C)nccc2c1. The van der Waals surface area contributed by atoms with Gasteiger partial charge in [-0.2, -0.15) is 0 Å². The minimum atomic E-state index is 0.0223. The van der Waals surface area contributed by atoms with E-state index < -0.39 is 0 Å². The minimum Gasteiger partial charge on any atom is -0.313 e. The van der Waals surface area contributed by atoms with Crippen molar-refractivity contribution in [1.29, 1.82) is 0 Å². The first-order valence-corrected chi connectivity index (χ1v) is 6.97. The topological polar surface area (TPSA) is 37.8 Å². The molecular formula is C16H23N3. The maximum Gasteiger partial charge on any atom is 0.0922 e. The lowest BCUT2D eigenvalue weighted by Crippen LogP contribution is -2.16. The second-order valence-electron chi connectivity index (χ2n) is 6.00. The lowest BCUT2D eigenvalue weighted by molar-refractivity contribution is 0.574. The molecule has 3 nitrogen and oxygen atoms in total. The van der Waals surface area contributed by atoms with Crippen LogP contribution >= 0.6 is 0 Å². The van der Waals surface area contributed by atoms with Crippen molar-refractivity contribution in [1.82, 2.24) is 15.3 Å². The molecule has 0 amide bonds. The Kier molecular flexibility index (Phi) is 4.15. The molecule has 2 aromatic rings. The largest absolute Gasteiger partial charge is 0.313 e. The zero-order valence-corrected chi connectivity index (χ0v) is 12.3. The summed E-state index contributed by atoms with van der Waals surface area (Å²) in [6.07, 6.45) is 4.99. The Hall–Kier alpha value is -1.48. The number of nitrogens with one attached hydrogen (secondary N) is 1. The van der Waals surface area contributed by atoms with Crippen molar-refractivity contribution in [3.63, 3.8) is 0 Å². The van der Waals surface area contributed by atoms with Crippen LogP contribution in [0.5, 0.6) is 0 Å². The maximum absolute atomic E-state index is 4.62. The quantitative estimate of drug-likeness (QED) is 0.853. The molecule has 0 aliphatic heterocycles. The monoisotopic (exact) mass is 257 g/mol. The number of nitrogens with zero attached hydrogens (tertiary/aromatic N) is 2. The first-order chi connectivity index (χ1) is 9.02. The van der Waals surface area contributed by atoms with Gasteiger partial charge in [-0.3, -0.25) is 9.97 Å². The third kappa shape index (κ3) is 3.29. The van der Waals surface area contributed by atoms with Gasteiger partial charge in [-0.05, 0) is 30.7 Å². The third-order valence-corrected chi connectivity index (χ3v) is 3.12. The fourth-order valence-corrected chi connectivity index (χ4v) is 2.16. The molecule has 0 atom stereocenters. The highest BCUT2D eigenvalue weighted by Gasteiger charge is 2.19. The third-order valence-electron chi connectivity index (χ3n) is 3.12. The van der Waals surface area contributed by atoms with Crippen LogP contribution in [-0.4, -0.2) is 16.5 Å². The average Bonchev–Trinajstić information content (AvgIpc) is 2.37. The Balaban J connectivity index is 2.34. The van der Waals surface area contributed by atoms with Crippen molar-refractivity contribution in [3.05, 3.63) is 35.8 Å². The molecule has 0 aliphatic rings. The van der Waals surface area contributed by atoms with Gasteiger partial charge in [-0.15, -0.1) is 0 Å². The fourth-order valence-electron chi connectivity index (χ4n) is 2.16. The smallest absolute Gasteiger partial charge is 0.0922 e. The van der Waals surface area contributed by atoms with Gasteiger partial charge in [0, 0.05) is 29.7 Å². The van der Waals surface area contributed by atoms with Crippen LogP contribution in [-0.2, 0) is 12.0 Å². The second kappa shape index (κ2) is 5.66. The van der Waals surface area contributed by atoms with E-state index in [9.17, 15) is 0 Å². The molecule has 2 rings (SSSR count). The molecule has 0 aliphatic carbocycles. The van der Waals surface area contributed by atoms with Crippen LogP contribution in [0.2, 0.25) is 0 Å². The highest BCUT2D eigenvalue weighted by molar-refractivity contribution is 5.81. The first kappa shape index (κ1) is 13.9. The summed E-state index contributed by atoms with van der Waals surface area (Å²) in [4.78, 5) is 9.13. The molecule has 3 heteroatoms. The van der Waals surface area contributed by atoms with Crippen molar-refractivity contribution in [2.45, 2.75) is 46.1 Å². The highest BCUT2D eigenvalue weighted by Crippen LogP contribution is 2.26. The van der Waals surface area contributed by atoms with Crippen molar-refractivity contribution in [2.75, 3.05) is 6.54 Å². The van der Waals surface area contributed by atoms with Crippen LogP contribution in [0.15, 0.2) is 24.5 Å². The van der Waals surface area contributed by atoms with E-state index in [0.29, 0.717) is 0 Å². The van der Waals surface area contributed by atoms with Gasteiger partial charge in [0.15, 0.2) is 0 Å². The summed E-state index contributed by atoms with van der Waals surface area (Å²) in [5.74, 6) is 0. The van der Waals surface area contributed by atoms with Crippen molar-refractivity contribution < 1.29 is 0 Å². The Morgan fingerprint density at radius 2 is 2.00 bits per heavy atom. The predicted octanol–water partition coefficient (Wildman–Crippen LogP) is 3.43. The molecule has 19 heavy (non-hydrogen) atoms. The number of aromatic nitrogens is 2. The predicted molar refractivity (Wildman–Crippen MR) is 80.2 cm³/mol.